The van der Waals surface area contributed by atoms with Crippen LogP contribution >= 0.6 is 0 Å². The minimum absolute atomic E-state index is 0.0231. The third kappa shape index (κ3) is 3.66. The summed E-state index contributed by atoms with van der Waals surface area (Å²) < 4.78 is 0. The summed E-state index contributed by atoms with van der Waals surface area (Å²) in [4.78, 5) is 12.3. The Morgan fingerprint density at radius 2 is 1.92 bits per heavy atom. The molecule has 0 bridgehead atoms. The number of aliphatic hydroxyl groups is 1. The summed E-state index contributed by atoms with van der Waals surface area (Å²) in [6.07, 6.45) is 0.583. The van der Waals surface area contributed by atoms with E-state index in [1.165, 1.54) is 5.56 Å². The lowest BCUT2D eigenvalue weighted by atomic mass is 10.1. The quantitative estimate of drug-likeness (QED) is 0.792. The highest BCUT2D eigenvalue weighted by Crippen LogP contribution is 2.31. The van der Waals surface area contributed by atoms with Crippen molar-refractivity contribution < 1.29 is 9.90 Å². The Kier molecular flexibility index (Phi) is 4.97. The van der Waals surface area contributed by atoms with E-state index in [0.29, 0.717) is 12.8 Å². The fourth-order valence-electron chi connectivity index (χ4n) is 3.33. The van der Waals surface area contributed by atoms with Gasteiger partial charge >= 0.3 is 0 Å². The zero-order valence-electron chi connectivity index (χ0n) is 14.1. The number of hydrogen-bond acceptors (Lipinski definition) is 3. The van der Waals surface area contributed by atoms with Gasteiger partial charge in [0.1, 0.15) is 0 Å². The number of anilines is 1. The number of hydrogen-bond donors (Lipinski definition) is 3. The smallest absolute Gasteiger partial charge is 0.225 e. The number of amides is 1. The number of aryl methyl sites for hydroxylation is 1. The maximum absolute atomic E-state index is 12.3. The van der Waals surface area contributed by atoms with Crippen molar-refractivity contribution in [1.82, 2.24) is 5.32 Å². The average Bonchev–Trinajstić information content (AvgIpc) is 2.85. The third-order valence-electron chi connectivity index (χ3n) is 4.58. The highest BCUT2D eigenvalue weighted by molar-refractivity contribution is 5.91. The Labute approximate surface area is 142 Å². The van der Waals surface area contributed by atoms with Gasteiger partial charge in [0.15, 0.2) is 0 Å². The maximum Gasteiger partial charge on any atom is 0.225 e. The Morgan fingerprint density at radius 3 is 2.71 bits per heavy atom. The molecule has 3 atom stereocenters. The summed E-state index contributed by atoms with van der Waals surface area (Å²) in [6.45, 7) is 3.95. The van der Waals surface area contributed by atoms with Crippen molar-refractivity contribution in [3.05, 3.63) is 65.2 Å². The lowest BCUT2D eigenvalue weighted by Gasteiger charge is -2.23. The molecule has 0 aromatic heterocycles. The predicted octanol–water partition coefficient (Wildman–Crippen LogP) is 2.96. The Morgan fingerprint density at radius 1 is 1.21 bits per heavy atom. The Bertz CT molecular complexity index is 729. The van der Waals surface area contributed by atoms with Crippen LogP contribution in [0.15, 0.2) is 48.5 Å². The van der Waals surface area contributed by atoms with Gasteiger partial charge in [-0.15, -0.1) is 0 Å². The highest BCUT2D eigenvalue weighted by atomic mass is 16.3. The predicted molar refractivity (Wildman–Crippen MR) is 95.9 cm³/mol. The number of rotatable bonds is 5. The van der Waals surface area contributed by atoms with Crippen molar-refractivity contribution in [2.24, 2.45) is 0 Å². The molecule has 1 aliphatic carbocycles. The molecule has 4 nitrogen and oxygen atoms in total. The molecule has 0 radical (unpaired) electrons. The Balaban J connectivity index is 1.59. The molecule has 0 aliphatic heterocycles. The monoisotopic (exact) mass is 324 g/mol. The Hall–Kier alpha value is -2.17. The second-order valence-electron chi connectivity index (χ2n) is 6.58. The van der Waals surface area contributed by atoms with Crippen molar-refractivity contribution in [2.45, 2.75) is 44.9 Å². The maximum atomic E-state index is 12.3. The second-order valence-corrected chi connectivity index (χ2v) is 6.58. The molecule has 2 aromatic rings. The van der Waals surface area contributed by atoms with Crippen LogP contribution in [-0.4, -0.2) is 23.2 Å². The number of para-hydroxylation sites is 1. The number of carbonyl (C=O) groups excluding carboxylic acids is 1. The molecule has 3 unspecified atom stereocenters. The zero-order valence-corrected chi connectivity index (χ0v) is 14.1. The van der Waals surface area contributed by atoms with Crippen molar-refractivity contribution in [1.29, 1.82) is 0 Å². The van der Waals surface area contributed by atoms with E-state index in [0.717, 1.165) is 16.8 Å². The van der Waals surface area contributed by atoms with E-state index in [4.69, 9.17) is 0 Å². The number of benzene rings is 2. The van der Waals surface area contributed by atoms with E-state index in [1.807, 2.05) is 56.3 Å². The molecule has 0 spiro atoms. The van der Waals surface area contributed by atoms with Crippen LogP contribution in [0, 0.1) is 6.92 Å². The summed E-state index contributed by atoms with van der Waals surface area (Å²) in [6, 6.07) is 15.7. The summed E-state index contributed by atoms with van der Waals surface area (Å²) in [5, 5.41) is 16.7. The van der Waals surface area contributed by atoms with Gasteiger partial charge in [-0.2, -0.15) is 0 Å². The van der Waals surface area contributed by atoms with Gasteiger partial charge < -0.3 is 15.7 Å². The number of carbonyl (C=O) groups is 1. The molecule has 126 valence electrons. The van der Waals surface area contributed by atoms with E-state index in [-0.39, 0.29) is 18.0 Å². The topological polar surface area (TPSA) is 61.4 Å². The largest absolute Gasteiger partial charge is 0.391 e. The first kappa shape index (κ1) is 16.7. The molecule has 3 rings (SSSR count). The molecule has 0 saturated heterocycles. The first-order valence-electron chi connectivity index (χ1n) is 8.42. The average molecular weight is 324 g/mol. The summed E-state index contributed by atoms with van der Waals surface area (Å²) >= 11 is 0. The van der Waals surface area contributed by atoms with E-state index in [9.17, 15) is 9.90 Å². The van der Waals surface area contributed by atoms with E-state index in [2.05, 4.69) is 16.7 Å². The van der Waals surface area contributed by atoms with Crippen LogP contribution in [0.25, 0.3) is 0 Å². The van der Waals surface area contributed by atoms with E-state index >= 15 is 0 Å². The standard InChI is InChI=1S/C20H24N2O2/c1-13-7-3-6-10-17(13)22-19(24)11-14(2)21-20-16-9-5-4-8-15(16)12-18(20)23/h3-10,14,18,20-21,23H,11-12H2,1-2H3,(H,22,24). The number of aliphatic hydroxyl groups excluding tert-OH is 1. The minimum Gasteiger partial charge on any atom is -0.391 e. The highest BCUT2D eigenvalue weighted by Gasteiger charge is 2.31. The molecular weight excluding hydrogens is 300 g/mol. The van der Waals surface area contributed by atoms with Gasteiger partial charge in [0.05, 0.1) is 12.1 Å². The summed E-state index contributed by atoms with van der Waals surface area (Å²) in [5.74, 6) is -0.0231. The molecule has 0 fully saturated rings. The fourth-order valence-corrected chi connectivity index (χ4v) is 3.33. The molecule has 1 amide bonds. The second kappa shape index (κ2) is 7.16. The molecule has 1 aliphatic rings. The van der Waals surface area contributed by atoms with Crippen LogP contribution in [0.5, 0.6) is 0 Å². The third-order valence-corrected chi connectivity index (χ3v) is 4.58. The molecule has 24 heavy (non-hydrogen) atoms. The minimum atomic E-state index is -0.440. The van der Waals surface area contributed by atoms with Crippen LogP contribution in [0.4, 0.5) is 5.69 Å². The van der Waals surface area contributed by atoms with Gasteiger partial charge in [0, 0.05) is 24.6 Å². The van der Waals surface area contributed by atoms with Crippen LogP contribution in [-0.2, 0) is 11.2 Å². The number of fused-ring (bicyclic) bond motifs is 1. The van der Waals surface area contributed by atoms with Gasteiger partial charge in [-0.3, -0.25) is 4.79 Å². The first-order valence-corrected chi connectivity index (χ1v) is 8.42. The molecule has 2 aromatic carbocycles. The van der Waals surface area contributed by atoms with Gasteiger partial charge in [-0.25, -0.2) is 0 Å². The van der Waals surface area contributed by atoms with E-state index in [1.54, 1.807) is 0 Å². The van der Waals surface area contributed by atoms with Gasteiger partial charge in [-0.1, -0.05) is 42.5 Å². The SMILES string of the molecule is Cc1ccccc1NC(=O)CC(C)NC1c2ccccc2CC1O. The van der Waals surface area contributed by atoms with Gasteiger partial charge in [0.25, 0.3) is 0 Å². The van der Waals surface area contributed by atoms with Crippen molar-refractivity contribution in [3.63, 3.8) is 0 Å². The summed E-state index contributed by atoms with van der Waals surface area (Å²) in [5.41, 5.74) is 4.21. The normalized spacial score (nSPS) is 20.5. The molecule has 4 heteroatoms. The van der Waals surface area contributed by atoms with Gasteiger partial charge in [0.2, 0.25) is 5.91 Å². The van der Waals surface area contributed by atoms with Crippen LogP contribution in [0.1, 0.15) is 36.1 Å². The van der Waals surface area contributed by atoms with Crippen molar-refractivity contribution in [3.8, 4) is 0 Å². The lowest BCUT2D eigenvalue weighted by Crippen LogP contribution is -2.37. The summed E-state index contributed by atoms with van der Waals surface area (Å²) in [7, 11) is 0. The van der Waals surface area contributed by atoms with Gasteiger partial charge in [-0.05, 0) is 36.6 Å². The zero-order chi connectivity index (χ0) is 17.1. The van der Waals surface area contributed by atoms with Crippen LogP contribution in [0.2, 0.25) is 0 Å². The first-order chi connectivity index (χ1) is 11.5. The van der Waals surface area contributed by atoms with Crippen LogP contribution < -0.4 is 10.6 Å². The molecule has 0 saturated carbocycles. The van der Waals surface area contributed by atoms with Crippen molar-refractivity contribution >= 4 is 11.6 Å². The van der Waals surface area contributed by atoms with Crippen LogP contribution in [0.3, 0.4) is 0 Å². The molecule has 3 N–H and O–H groups in total. The molecular formula is C20H24N2O2. The number of nitrogens with one attached hydrogen (secondary N) is 2. The molecule has 0 heterocycles. The van der Waals surface area contributed by atoms with E-state index < -0.39 is 6.10 Å². The fraction of sp³-hybridized carbons (Fsp3) is 0.350. The lowest BCUT2D eigenvalue weighted by molar-refractivity contribution is -0.116. The van der Waals surface area contributed by atoms with Crippen molar-refractivity contribution in [2.75, 3.05) is 5.32 Å².